The van der Waals surface area contributed by atoms with Crippen LogP contribution in [0.5, 0.6) is 0 Å². The number of benzene rings is 2. The van der Waals surface area contributed by atoms with Gasteiger partial charge in [0, 0.05) is 41.4 Å². The Morgan fingerprint density at radius 2 is 1.09 bits per heavy atom. The Kier molecular flexibility index (Phi) is 15.2. The summed E-state index contributed by atoms with van der Waals surface area (Å²) in [5.74, 6) is -2.45. The van der Waals surface area contributed by atoms with E-state index >= 15 is 0 Å². The molecule has 0 spiro atoms. The largest absolute Gasteiger partial charge is 1.00 e. The van der Waals surface area contributed by atoms with Gasteiger partial charge in [0.25, 0.3) is 11.1 Å². The lowest BCUT2D eigenvalue weighted by atomic mass is 10.1. The van der Waals surface area contributed by atoms with Crippen molar-refractivity contribution in [3.05, 3.63) is 130 Å². The predicted octanol–water partition coefficient (Wildman–Crippen LogP) is 2.33. The van der Waals surface area contributed by atoms with Crippen molar-refractivity contribution in [1.82, 2.24) is 19.1 Å². The minimum atomic E-state index is -0.758. The van der Waals surface area contributed by atoms with Gasteiger partial charge in [-0.15, -0.1) is 0 Å². The van der Waals surface area contributed by atoms with Crippen molar-refractivity contribution in [2.75, 3.05) is 5.32 Å². The molecule has 0 aliphatic heterocycles. The molecule has 10 nitrogen and oxygen atoms in total. The second kappa shape index (κ2) is 17.5. The molecule has 0 bridgehead atoms. The smallest absolute Gasteiger partial charge is 0.330 e. The van der Waals surface area contributed by atoms with Crippen LogP contribution in [0.2, 0.25) is 5.15 Å². The molecule has 5 N–H and O–H groups in total. The molecule has 0 unspecified atom stereocenters. The van der Waals surface area contributed by atoms with Crippen LogP contribution in [0.3, 0.4) is 0 Å². The summed E-state index contributed by atoms with van der Waals surface area (Å²) < 4.78 is 55.1. The second-order valence-electron chi connectivity index (χ2n) is 10.4. The number of halogens is 6. The van der Waals surface area contributed by atoms with Crippen molar-refractivity contribution in [3.8, 4) is 0 Å². The number of anilines is 1. The fraction of sp³-hybridized carbons (Fsp3) is 0.333. The minimum absolute atomic E-state index is 0. The van der Waals surface area contributed by atoms with Gasteiger partial charge in [0.15, 0.2) is 0 Å². The summed E-state index contributed by atoms with van der Waals surface area (Å²) in [6.45, 7) is 10.0. The minimum Gasteiger partial charge on any atom is -1.00 e. The van der Waals surface area contributed by atoms with Crippen molar-refractivity contribution in [3.63, 3.8) is 0 Å². The van der Waals surface area contributed by atoms with Crippen molar-refractivity contribution in [2.45, 2.75) is 65.7 Å². The molecular formula is C30H35Cl2F4N6O4-. The quantitative estimate of drug-likeness (QED) is 0.181. The number of rotatable bonds is 6. The fourth-order valence-corrected chi connectivity index (χ4v) is 4.39. The van der Waals surface area contributed by atoms with E-state index < -0.39 is 52.3 Å². The van der Waals surface area contributed by atoms with Crippen molar-refractivity contribution >= 4 is 17.4 Å². The van der Waals surface area contributed by atoms with Gasteiger partial charge in [0.2, 0.25) is 0 Å². The number of hydrogen-bond donors (Lipinski definition) is 4. The number of nitrogens with zero attached hydrogens (tertiary/aromatic N) is 2. The van der Waals surface area contributed by atoms with Crippen LogP contribution in [0.1, 0.15) is 76.8 Å². The molecular weight excluding hydrogens is 655 g/mol. The van der Waals surface area contributed by atoms with Crippen LogP contribution < -0.4 is 46.0 Å². The van der Waals surface area contributed by atoms with Gasteiger partial charge in [0.1, 0.15) is 34.2 Å². The Hall–Kier alpha value is -4.14. The highest BCUT2D eigenvalue weighted by Gasteiger charge is 2.17. The van der Waals surface area contributed by atoms with Crippen LogP contribution >= 0.6 is 11.6 Å². The maximum absolute atomic E-state index is 13.7. The van der Waals surface area contributed by atoms with E-state index in [4.69, 9.17) is 17.3 Å². The van der Waals surface area contributed by atoms with Crippen LogP contribution in [-0.4, -0.2) is 19.1 Å². The maximum atomic E-state index is 13.7. The van der Waals surface area contributed by atoms with Gasteiger partial charge in [-0.25, -0.2) is 27.2 Å². The third-order valence-electron chi connectivity index (χ3n) is 6.19. The molecule has 2 heterocycles. The lowest BCUT2D eigenvalue weighted by Crippen LogP contribution is -3.00. The third-order valence-corrected chi connectivity index (χ3v) is 6.39. The average Bonchev–Trinajstić information content (AvgIpc) is 2.87. The Labute approximate surface area is 272 Å². The summed E-state index contributed by atoms with van der Waals surface area (Å²) in [7, 11) is 0. The van der Waals surface area contributed by atoms with E-state index in [-0.39, 0.29) is 52.1 Å². The first kappa shape index (κ1) is 39.9. The molecule has 0 aliphatic carbocycles. The molecule has 0 saturated heterocycles. The van der Waals surface area contributed by atoms with Gasteiger partial charge < -0.3 is 23.5 Å². The average molecular weight is 691 g/mol. The first-order chi connectivity index (χ1) is 21.0. The number of hydrogen-bond acceptors (Lipinski definition) is 6. The highest BCUT2D eigenvalue weighted by atomic mass is 35.5. The van der Waals surface area contributed by atoms with Gasteiger partial charge in [-0.2, -0.15) is 0 Å². The predicted molar refractivity (Wildman–Crippen MR) is 166 cm³/mol. The van der Waals surface area contributed by atoms with E-state index in [0.29, 0.717) is 0 Å². The van der Waals surface area contributed by atoms with Crippen LogP contribution in [0.25, 0.3) is 0 Å². The fourth-order valence-electron chi connectivity index (χ4n) is 4.21. The van der Waals surface area contributed by atoms with E-state index in [9.17, 15) is 36.7 Å². The lowest BCUT2D eigenvalue weighted by molar-refractivity contribution is -0.0000129. The molecule has 0 amide bonds. The molecule has 16 heteroatoms. The molecule has 4 rings (SSSR count). The monoisotopic (exact) mass is 689 g/mol. The zero-order chi connectivity index (χ0) is 34.2. The molecule has 0 radical (unpaired) electrons. The first-order valence-corrected chi connectivity index (χ1v) is 14.1. The molecule has 2 aromatic carbocycles. The topological polar surface area (TPSA) is 148 Å². The number of nitrogens with two attached hydrogens (primary N) is 1. The molecule has 2 atom stereocenters. The number of aromatic nitrogens is 4. The number of nitrogens with one attached hydrogen (secondary N) is 3. The van der Waals surface area contributed by atoms with Crippen molar-refractivity contribution < 1.29 is 30.0 Å². The van der Waals surface area contributed by atoms with Gasteiger partial charge in [-0.05, 0) is 65.8 Å². The SMILES string of the molecule is CC(C)n1c(=O)cc(Cl)[nH]c1=O.CC(C)n1c(=O)cc(N[C@@H](C)c2c(F)cccc2F)[nH]c1=O.C[C@H](N)c1c(F)cccc1F.[Cl-]. The highest BCUT2D eigenvalue weighted by Crippen LogP contribution is 2.23. The molecule has 0 saturated carbocycles. The van der Waals surface area contributed by atoms with E-state index in [1.54, 1.807) is 34.6 Å². The molecule has 0 aliphatic rings. The van der Waals surface area contributed by atoms with E-state index in [1.807, 2.05) is 0 Å². The van der Waals surface area contributed by atoms with Gasteiger partial charge in [-0.1, -0.05) is 23.7 Å². The molecule has 2 aromatic heterocycles. The zero-order valence-electron chi connectivity index (χ0n) is 25.8. The zero-order valence-corrected chi connectivity index (χ0v) is 27.3. The maximum Gasteiger partial charge on any atom is 0.330 e. The summed E-state index contributed by atoms with van der Waals surface area (Å²) in [6, 6.07) is 7.85. The highest BCUT2D eigenvalue weighted by molar-refractivity contribution is 6.29. The van der Waals surface area contributed by atoms with Crippen LogP contribution in [-0.2, 0) is 0 Å². The van der Waals surface area contributed by atoms with Crippen molar-refractivity contribution in [1.29, 1.82) is 0 Å². The second-order valence-corrected chi connectivity index (χ2v) is 10.8. The molecule has 0 fully saturated rings. The summed E-state index contributed by atoms with van der Waals surface area (Å²) in [4.78, 5) is 50.9. The Bertz CT molecular complexity index is 1750. The van der Waals surface area contributed by atoms with E-state index in [1.165, 1.54) is 43.3 Å². The first-order valence-electron chi connectivity index (χ1n) is 13.7. The summed E-state index contributed by atoms with van der Waals surface area (Å²) in [5.41, 5.74) is 3.22. The van der Waals surface area contributed by atoms with Crippen LogP contribution in [0.4, 0.5) is 23.4 Å². The molecule has 46 heavy (non-hydrogen) atoms. The van der Waals surface area contributed by atoms with Crippen molar-refractivity contribution in [2.24, 2.45) is 5.73 Å². The third kappa shape index (κ3) is 10.5. The summed E-state index contributed by atoms with van der Waals surface area (Å²) in [5, 5.41) is 2.81. The van der Waals surface area contributed by atoms with Crippen LogP contribution in [0, 0.1) is 23.3 Å². The Balaban J connectivity index is 0.000000374. The lowest BCUT2D eigenvalue weighted by Gasteiger charge is -2.17. The van der Waals surface area contributed by atoms with E-state index in [0.717, 1.165) is 21.3 Å². The Morgan fingerprint density at radius 3 is 1.43 bits per heavy atom. The summed E-state index contributed by atoms with van der Waals surface area (Å²) in [6.07, 6.45) is 0. The van der Waals surface area contributed by atoms with Crippen LogP contribution in [0.15, 0.2) is 67.7 Å². The number of aromatic amines is 2. The standard InChI is InChI=1S/C15H17F2N3O2.C8H9F2N.C7H9ClN2O2.ClH/c1-8(2)20-13(21)7-12(19-15(20)22)18-9(3)14-10(16)5-4-6-11(14)17;1-5(11)8-6(9)3-2-4-7(8)10;1-4(2)10-6(11)3-5(8)9-7(10)12;/h4-9,18H,1-3H3,(H,19,22);2-5H,11H2,1H3;3-4H,1-2H3,(H,9,12);1H/p-1/t9-;5-;;/m00../s1. The molecule has 252 valence electrons. The molecule has 4 aromatic rings. The summed E-state index contributed by atoms with van der Waals surface area (Å²) >= 11 is 5.46. The normalized spacial score (nSPS) is 11.9. The van der Waals surface area contributed by atoms with Gasteiger partial charge in [-0.3, -0.25) is 28.7 Å². The van der Waals surface area contributed by atoms with Gasteiger partial charge >= 0.3 is 11.4 Å². The van der Waals surface area contributed by atoms with E-state index in [2.05, 4.69) is 15.3 Å². The van der Waals surface area contributed by atoms with Gasteiger partial charge in [0.05, 0.1) is 6.04 Å². The number of H-pyrrole nitrogens is 2. The Morgan fingerprint density at radius 1 is 0.696 bits per heavy atom.